The van der Waals surface area contributed by atoms with Gasteiger partial charge in [0.05, 0.1) is 22.2 Å². The van der Waals surface area contributed by atoms with Gasteiger partial charge in [-0.3, -0.25) is 0 Å². The summed E-state index contributed by atoms with van der Waals surface area (Å²) in [5.74, 6) is 0.176. The van der Waals surface area contributed by atoms with Gasteiger partial charge in [0.2, 0.25) is 0 Å². The second-order valence-corrected chi connectivity index (χ2v) is 6.74. The van der Waals surface area contributed by atoms with E-state index in [2.05, 4.69) is 5.32 Å². The van der Waals surface area contributed by atoms with Crippen molar-refractivity contribution in [2.24, 2.45) is 0 Å². The minimum atomic E-state index is -4.43. The summed E-state index contributed by atoms with van der Waals surface area (Å²) in [6.07, 6.45) is -5.48. The number of carbonyl (C=O) groups excluding carboxylic acids is 1. The molecule has 0 saturated heterocycles. The van der Waals surface area contributed by atoms with E-state index in [1.165, 1.54) is 24.1 Å². The lowest BCUT2D eigenvalue weighted by atomic mass is 10.2. The summed E-state index contributed by atoms with van der Waals surface area (Å²) in [6.45, 7) is -0.260. The molecule has 2 N–H and O–H groups in total. The van der Waals surface area contributed by atoms with E-state index in [0.717, 1.165) is 24.3 Å². The fourth-order valence-corrected chi connectivity index (χ4v) is 2.48. The normalized spacial score (nSPS) is 12.4. The van der Waals surface area contributed by atoms with Gasteiger partial charge in [-0.1, -0.05) is 23.2 Å². The van der Waals surface area contributed by atoms with E-state index in [-0.39, 0.29) is 23.9 Å². The molecule has 0 aliphatic heterocycles. The number of amides is 2. The second-order valence-electron chi connectivity index (χ2n) is 5.93. The van der Waals surface area contributed by atoms with E-state index >= 15 is 0 Å². The number of aliphatic hydroxyl groups excluding tert-OH is 1. The molecule has 0 spiro atoms. The third-order valence-corrected chi connectivity index (χ3v) is 4.37. The lowest BCUT2D eigenvalue weighted by molar-refractivity contribution is -0.137. The predicted octanol–water partition coefficient (Wildman–Crippen LogP) is 4.92. The van der Waals surface area contributed by atoms with Crippen LogP contribution in [0.25, 0.3) is 0 Å². The van der Waals surface area contributed by atoms with E-state index in [9.17, 15) is 23.1 Å². The largest absolute Gasteiger partial charge is 0.491 e. The quantitative estimate of drug-likeness (QED) is 0.675. The SMILES string of the molecule is CN(CC(O)COc1ccc(C(F)(F)F)cc1)C(=O)Nc1ccc(Cl)c(Cl)c1. The van der Waals surface area contributed by atoms with Crippen molar-refractivity contribution in [1.82, 2.24) is 4.90 Å². The Labute approximate surface area is 169 Å². The topological polar surface area (TPSA) is 61.8 Å². The summed E-state index contributed by atoms with van der Waals surface area (Å²) in [5, 5.41) is 13.2. The summed E-state index contributed by atoms with van der Waals surface area (Å²) >= 11 is 11.7. The Hall–Kier alpha value is -2.16. The van der Waals surface area contributed by atoms with Crippen molar-refractivity contribution in [2.45, 2.75) is 12.3 Å². The van der Waals surface area contributed by atoms with Crippen LogP contribution in [0.1, 0.15) is 5.56 Å². The molecular formula is C18H17Cl2F3N2O3. The second kappa shape index (κ2) is 9.36. The molecule has 2 aromatic rings. The molecule has 0 bridgehead atoms. The number of hydrogen-bond acceptors (Lipinski definition) is 3. The summed E-state index contributed by atoms with van der Waals surface area (Å²) in [7, 11) is 1.47. The number of alkyl halides is 3. The van der Waals surface area contributed by atoms with Crippen LogP contribution >= 0.6 is 23.2 Å². The van der Waals surface area contributed by atoms with Gasteiger partial charge in [-0.2, -0.15) is 13.2 Å². The lowest BCUT2D eigenvalue weighted by Crippen LogP contribution is -2.39. The van der Waals surface area contributed by atoms with Crippen molar-refractivity contribution in [2.75, 3.05) is 25.5 Å². The highest BCUT2D eigenvalue weighted by Gasteiger charge is 2.30. The minimum absolute atomic E-state index is 0.0617. The summed E-state index contributed by atoms with van der Waals surface area (Å²) in [4.78, 5) is 13.4. The number of ether oxygens (including phenoxy) is 1. The van der Waals surface area contributed by atoms with Crippen molar-refractivity contribution < 1.29 is 27.8 Å². The number of hydrogen-bond donors (Lipinski definition) is 2. The molecule has 0 radical (unpaired) electrons. The Balaban J connectivity index is 1.82. The van der Waals surface area contributed by atoms with Crippen molar-refractivity contribution in [3.05, 3.63) is 58.1 Å². The molecule has 0 aliphatic carbocycles. The molecule has 10 heteroatoms. The highest BCUT2D eigenvalue weighted by molar-refractivity contribution is 6.42. The molecule has 0 aliphatic rings. The number of aliphatic hydroxyl groups is 1. The molecule has 0 saturated carbocycles. The van der Waals surface area contributed by atoms with E-state index in [1.807, 2.05) is 0 Å². The van der Waals surface area contributed by atoms with Crippen LogP contribution in [0.15, 0.2) is 42.5 Å². The van der Waals surface area contributed by atoms with Crippen LogP contribution in [-0.4, -0.2) is 42.3 Å². The Morgan fingerprint density at radius 2 is 1.82 bits per heavy atom. The zero-order valence-corrected chi connectivity index (χ0v) is 16.1. The number of carbonyl (C=O) groups is 1. The summed E-state index contributed by atoms with van der Waals surface area (Å²) in [5.41, 5.74) is -0.360. The standard InChI is InChI=1S/C18H17Cl2F3N2O3/c1-25(17(27)24-12-4-7-15(19)16(20)8-12)9-13(26)10-28-14-5-2-11(3-6-14)18(21,22)23/h2-8,13,26H,9-10H2,1H3,(H,24,27). The molecule has 0 fully saturated rings. The van der Waals surface area contributed by atoms with Gasteiger partial charge >= 0.3 is 12.2 Å². The van der Waals surface area contributed by atoms with Crippen molar-refractivity contribution in [3.8, 4) is 5.75 Å². The van der Waals surface area contributed by atoms with Crippen LogP contribution < -0.4 is 10.1 Å². The Morgan fingerprint density at radius 3 is 2.39 bits per heavy atom. The number of nitrogens with zero attached hydrogens (tertiary/aromatic N) is 1. The van der Waals surface area contributed by atoms with Crippen molar-refractivity contribution in [1.29, 1.82) is 0 Å². The third-order valence-electron chi connectivity index (χ3n) is 3.63. The Kier molecular flexibility index (Phi) is 7.40. The van der Waals surface area contributed by atoms with Gasteiger partial charge in [0.15, 0.2) is 0 Å². The first kappa shape index (κ1) is 22.1. The third kappa shape index (κ3) is 6.47. The molecular weight excluding hydrogens is 420 g/mol. The fraction of sp³-hybridized carbons (Fsp3) is 0.278. The Morgan fingerprint density at radius 1 is 1.18 bits per heavy atom. The number of likely N-dealkylation sites (N-methyl/N-ethyl adjacent to an activating group) is 1. The van der Waals surface area contributed by atoms with Crippen molar-refractivity contribution in [3.63, 3.8) is 0 Å². The van der Waals surface area contributed by atoms with Gasteiger partial charge < -0.3 is 20.1 Å². The molecule has 1 atom stereocenters. The average Bonchev–Trinajstić information content (AvgIpc) is 2.62. The number of nitrogens with one attached hydrogen (secondary N) is 1. The molecule has 0 heterocycles. The maximum atomic E-state index is 12.5. The van der Waals surface area contributed by atoms with Crippen LogP contribution in [0.3, 0.4) is 0 Å². The predicted molar refractivity (Wildman–Crippen MR) is 101 cm³/mol. The van der Waals surface area contributed by atoms with Gasteiger partial charge in [-0.25, -0.2) is 4.79 Å². The maximum absolute atomic E-state index is 12.5. The molecule has 28 heavy (non-hydrogen) atoms. The van der Waals surface area contributed by atoms with Gasteiger partial charge in [0.25, 0.3) is 0 Å². The van der Waals surface area contributed by atoms with E-state index in [4.69, 9.17) is 27.9 Å². The van der Waals surface area contributed by atoms with Crippen LogP contribution in [0.5, 0.6) is 5.75 Å². The van der Waals surface area contributed by atoms with Gasteiger partial charge in [-0.05, 0) is 42.5 Å². The number of anilines is 1. The fourth-order valence-electron chi connectivity index (χ4n) is 2.18. The van der Waals surface area contributed by atoms with Gasteiger partial charge in [-0.15, -0.1) is 0 Å². The van der Waals surface area contributed by atoms with Crippen LogP contribution in [0.4, 0.5) is 23.7 Å². The molecule has 1 unspecified atom stereocenters. The lowest BCUT2D eigenvalue weighted by Gasteiger charge is -2.21. The first-order chi connectivity index (χ1) is 13.1. The zero-order chi connectivity index (χ0) is 20.9. The average molecular weight is 437 g/mol. The minimum Gasteiger partial charge on any atom is -0.491 e. The number of urea groups is 1. The molecule has 5 nitrogen and oxygen atoms in total. The van der Waals surface area contributed by atoms with Gasteiger partial charge in [0, 0.05) is 12.7 Å². The van der Waals surface area contributed by atoms with E-state index < -0.39 is 23.9 Å². The number of halogens is 5. The zero-order valence-electron chi connectivity index (χ0n) is 14.6. The Bertz CT molecular complexity index is 817. The number of benzene rings is 2. The monoisotopic (exact) mass is 436 g/mol. The van der Waals surface area contributed by atoms with Crippen LogP contribution in [0, 0.1) is 0 Å². The first-order valence-electron chi connectivity index (χ1n) is 8.01. The molecule has 152 valence electrons. The molecule has 2 aromatic carbocycles. The smallest absolute Gasteiger partial charge is 0.416 e. The number of rotatable bonds is 6. The van der Waals surface area contributed by atoms with Crippen LogP contribution in [0.2, 0.25) is 10.0 Å². The molecule has 0 aromatic heterocycles. The van der Waals surface area contributed by atoms with Crippen LogP contribution in [-0.2, 0) is 6.18 Å². The highest BCUT2D eigenvalue weighted by atomic mass is 35.5. The van der Waals surface area contributed by atoms with E-state index in [1.54, 1.807) is 6.07 Å². The summed E-state index contributed by atoms with van der Waals surface area (Å²) in [6, 6.07) is 8.20. The van der Waals surface area contributed by atoms with E-state index in [0.29, 0.717) is 10.7 Å². The summed E-state index contributed by atoms with van der Waals surface area (Å²) < 4.78 is 42.8. The highest BCUT2D eigenvalue weighted by Crippen LogP contribution is 2.30. The molecule has 2 rings (SSSR count). The maximum Gasteiger partial charge on any atom is 0.416 e. The first-order valence-corrected chi connectivity index (χ1v) is 8.77. The van der Waals surface area contributed by atoms with Gasteiger partial charge in [0.1, 0.15) is 18.5 Å². The van der Waals surface area contributed by atoms with Crippen molar-refractivity contribution >= 4 is 34.9 Å². The molecule has 2 amide bonds.